The van der Waals surface area contributed by atoms with Gasteiger partial charge in [0, 0.05) is 6.54 Å². The fourth-order valence-electron chi connectivity index (χ4n) is 1.86. The number of carbonyl (C=O) groups excluding carboxylic acids is 1. The zero-order chi connectivity index (χ0) is 14.0. The molecule has 20 heavy (non-hydrogen) atoms. The van der Waals surface area contributed by atoms with Crippen LogP contribution in [-0.4, -0.2) is 11.2 Å². The summed E-state index contributed by atoms with van der Waals surface area (Å²) in [6.07, 6.45) is 9.41. The third-order valence-electron chi connectivity index (χ3n) is 2.77. The van der Waals surface area contributed by atoms with E-state index in [1.165, 1.54) is 11.6 Å². The molecule has 3 nitrogen and oxygen atoms in total. The van der Waals surface area contributed by atoms with Crippen molar-refractivity contribution in [2.75, 3.05) is 0 Å². The second-order valence-corrected chi connectivity index (χ2v) is 4.33. The van der Waals surface area contributed by atoms with E-state index in [2.05, 4.69) is 17.0 Å². The third kappa shape index (κ3) is 4.61. The molecule has 0 bridgehead atoms. The fraction of sp³-hybridized carbons (Fsp3) is 0.118. The highest BCUT2D eigenvalue weighted by atomic mass is 16.3. The number of benzene rings is 1. The summed E-state index contributed by atoms with van der Waals surface area (Å²) in [5, 5.41) is 0. The number of rotatable bonds is 7. The molecule has 0 aliphatic rings. The average molecular weight is 267 g/mol. The maximum absolute atomic E-state index is 10.2. The zero-order valence-electron chi connectivity index (χ0n) is 11.2. The molecule has 0 saturated carbocycles. The molecule has 2 rings (SSSR count). The summed E-state index contributed by atoms with van der Waals surface area (Å²) in [7, 11) is 0. The van der Waals surface area contributed by atoms with Gasteiger partial charge in [-0.3, -0.25) is 4.79 Å². The summed E-state index contributed by atoms with van der Waals surface area (Å²) in [5.41, 5.74) is 1.23. The van der Waals surface area contributed by atoms with Crippen molar-refractivity contribution >= 4 is 6.29 Å². The summed E-state index contributed by atoms with van der Waals surface area (Å²) in [4.78, 5) is 12.4. The van der Waals surface area contributed by atoms with Crippen LogP contribution in [0.4, 0.5) is 0 Å². The summed E-state index contributed by atoms with van der Waals surface area (Å²) in [6.45, 7) is 1.47. The van der Waals surface area contributed by atoms with Gasteiger partial charge >= 0.3 is 0 Å². The smallest absolute Gasteiger partial charge is 0.142 e. The zero-order valence-corrected chi connectivity index (χ0v) is 11.2. The number of allylic oxidation sites excluding steroid dienone is 3. The molecule has 3 heteroatoms. The molecule has 0 aliphatic heterocycles. The number of furan rings is 1. The van der Waals surface area contributed by atoms with Crippen LogP contribution in [0.25, 0.3) is 0 Å². The fourth-order valence-corrected chi connectivity index (χ4v) is 1.86. The van der Waals surface area contributed by atoms with E-state index in [1.54, 1.807) is 12.3 Å². The van der Waals surface area contributed by atoms with Gasteiger partial charge in [0.25, 0.3) is 0 Å². The minimum Gasteiger partial charge on any atom is -0.467 e. The lowest BCUT2D eigenvalue weighted by Gasteiger charge is -2.19. The SMILES string of the molecule is O=C/C=C/C=C/N(Cc1ccccc1)Cc1ccco1. The molecule has 0 atom stereocenters. The Morgan fingerprint density at radius 1 is 0.950 bits per heavy atom. The highest BCUT2D eigenvalue weighted by Gasteiger charge is 2.04. The maximum atomic E-state index is 10.2. The molecule has 0 radical (unpaired) electrons. The van der Waals surface area contributed by atoms with E-state index < -0.39 is 0 Å². The lowest BCUT2D eigenvalue weighted by atomic mass is 10.2. The summed E-state index contributed by atoms with van der Waals surface area (Å²) in [6, 6.07) is 14.1. The van der Waals surface area contributed by atoms with E-state index in [0.29, 0.717) is 6.54 Å². The van der Waals surface area contributed by atoms with Crippen LogP contribution in [0.15, 0.2) is 77.6 Å². The number of hydrogen-bond donors (Lipinski definition) is 0. The van der Waals surface area contributed by atoms with Crippen molar-refractivity contribution in [1.82, 2.24) is 4.90 Å². The van der Waals surface area contributed by atoms with Crippen molar-refractivity contribution < 1.29 is 9.21 Å². The first-order chi connectivity index (χ1) is 9.88. The summed E-state index contributed by atoms with van der Waals surface area (Å²) >= 11 is 0. The van der Waals surface area contributed by atoms with Gasteiger partial charge in [-0.1, -0.05) is 36.4 Å². The highest BCUT2D eigenvalue weighted by Crippen LogP contribution is 2.11. The predicted octanol–water partition coefficient (Wildman–Crippen LogP) is 3.55. The molecule has 0 amide bonds. The second-order valence-electron chi connectivity index (χ2n) is 4.33. The number of hydrogen-bond acceptors (Lipinski definition) is 3. The molecule has 1 aromatic carbocycles. The monoisotopic (exact) mass is 267 g/mol. The predicted molar refractivity (Wildman–Crippen MR) is 78.7 cm³/mol. The van der Waals surface area contributed by atoms with Gasteiger partial charge in [0.2, 0.25) is 0 Å². The molecule has 0 N–H and O–H groups in total. The van der Waals surface area contributed by atoms with Gasteiger partial charge < -0.3 is 9.32 Å². The second kappa shape index (κ2) is 7.79. The maximum Gasteiger partial charge on any atom is 0.142 e. The number of nitrogens with zero attached hydrogens (tertiary/aromatic N) is 1. The van der Waals surface area contributed by atoms with Crippen LogP contribution in [0.1, 0.15) is 11.3 Å². The van der Waals surface area contributed by atoms with Crippen LogP contribution in [-0.2, 0) is 17.9 Å². The Labute approximate surface area is 118 Å². The summed E-state index contributed by atoms with van der Waals surface area (Å²) in [5.74, 6) is 0.907. The number of carbonyl (C=O) groups is 1. The average Bonchev–Trinajstić information content (AvgIpc) is 2.97. The molecule has 0 aliphatic carbocycles. The van der Waals surface area contributed by atoms with Crippen LogP contribution in [0.5, 0.6) is 0 Å². The molecule has 2 aromatic rings. The molecular weight excluding hydrogens is 250 g/mol. The first kappa shape index (κ1) is 13.9. The van der Waals surface area contributed by atoms with Gasteiger partial charge in [0.1, 0.15) is 12.0 Å². The van der Waals surface area contributed by atoms with Crippen LogP contribution >= 0.6 is 0 Å². The van der Waals surface area contributed by atoms with Crippen molar-refractivity contribution in [3.63, 3.8) is 0 Å². The Bertz CT molecular complexity index is 556. The van der Waals surface area contributed by atoms with Crippen LogP contribution < -0.4 is 0 Å². The normalized spacial score (nSPS) is 11.2. The van der Waals surface area contributed by atoms with Gasteiger partial charge in [0.05, 0.1) is 12.8 Å². The Balaban J connectivity index is 2.04. The van der Waals surface area contributed by atoms with Gasteiger partial charge in [-0.2, -0.15) is 0 Å². The van der Waals surface area contributed by atoms with Crippen molar-refractivity contribution in [1.29, 1.82) is 0 Å². The topological polar surface area (TPSA) is 33.5 Å². The van der Waals surface area contributed by atoms with E-state index in [1.807, 2.05) is 42.6 Å². The molecule has 0 saturated heterocycles. The highest BCUT2D eigenvalue weighted by molar-refractivity contribution is 5.65. The molecular formula is C17H17NO2. The largest absolute Gasteiger partial charge is 0.467 e. The lowest BCUT2D eigenvalue weighted by molar-refractivity contribution is -0.104. The first-order valence-corrected chi connectivity index (χ1v) is 6.47. The first-order valence-electron chi connectivity index (χ1n) is 6.47. The van der Waals surface area contributed by atoms with Gasteiger partial charge in [-0.25, -0.2) is 0 Å². The van der Waals surface area contributed by atoms with Crippen molar-refractivity contribution in [3.05, 3.63) is 84.5 Å². The van der Waals surface area contributed by atoms with Crippen LogP contribution in [0, 0.1) is 0 Å². The summed E-state index contributed by atoms with van der Waals surface area (Å²) < 4.78 is 5.38. The van der Waals surface area contributed by atoms with E-state index in [0.717, 1.165) is 18.6 Å². The van der Waals surface area contributed by atoms with Crippen molar-refractivity contribution in [2.45, 2.75) is 13.1 Å². The number of aldehydes is 1. The minimum atomic E-state index is 0.688. The molecule has 0 spiro atoms. The Morgan fingerprint density at radius 3 is 2.50 bits per heavy atom. The Kier molecular flexibility index (Phi) is 5.40. The van der Waals surface area contributed by atoms with E-state index in [9.17, 15) is 4.79 Å². The molecule has 1 heterocycles. The lowest BCUT2D eigenvalue weighted by Crippen LogP contribution is -2.15. The molecule has 0 fully saturated rings. The molecule has 102 valence electrons. The third-order valence-corrected chi connectivity index (χ3v) is 2.77. The molecule has 0 unspecified atom stereocenters. The van der Waals surface area contributed by atoms with Crippen molar-refractivity contribution in [3.8, 4) is 0 Å². The van der Waals surface area contributed by atoms with E-state index >= 15 is 0 Å². The van der Waals surface area contributed by atoms with E-state index in [-0.39, 0.29) is 0 Å². The Morgan fingerprint density at radius 2 is 1.80 bits per heavy atom. The van der Waals surface area contributed by atoms with Gasteiger partial charge in [0.15, 0.2) is 0 Å². The van der Waals surface area contributed by atoms with E-state index in [4.69, 9.17) is 4.42 Å². The van der Waals surface area contributed by atoms with Crippen LogP contribution in [0.3, 0.4) is 0 Å². The van der Waals surface area contributed by atoms with Gasteiger partial charge in [-0.15, -0.1) is 0 Å². The minimum absolute atomic E-state index is 0.688. The molecule has 1 aromatic heterocycles. The quantitative estimate of drug-likeness (QED) is 0.437. The Hall–Kier alpha value is -2.55. The standard InChI is InChI=1S/C17H17NO2/c19-12-6-2-5-11-18(15-17-10-7-13-20-17)14-16-8-3-1-4-9-16/h1-13H,14-15H2/b6-2+,11-5+. The van der Waals surface area contributed by atoms with Gasteiger partial charge in [-0.05, 0) is 36.0 Å². The van der Waals surface area contributed by atoms with Crippen LogP contribution in [0.2, 0.25) is 0 Å². The van der Waals surface area contributed by atoms with Crippen molar-refractivity contribution in [2.24, 2.45) is 0 Å².